The fourth-order valence-electron chi connectivity index (χ4n) is 3.11. The number of anilines is 1. The number of allylic oxidation sites excluding steroid dienone is 1. The van der Waals surface area contributed by atoms with Crippen molar-refractivity contribution in [3.63, 3.8) is 0 Å². The lowest BCUT2D eigenvalue weighted by atomic mass is 10.0. The van der Waals surface area contributed by atoms with Crippen LogP contribution in [0.2, 0.25) is 0 Å². The lowest BCUT2D eigenvalue weighted by molar-refractivity contribution is -0.111. The highest BCUT2D eigenvalue weighted by atomic mass is 32.1. The first-order valence-electron chi connectivity index (χ1n) is 9.05. The lowest BCUT2D eigenvalue weighted by Gasteiger charge is -2.11. The van der Waals surface area contributed by atoms with Crippen molar-refractivity contribution >= 4 is 49.1 Å². The molecule has 6 heteroatoms. The molecule has 1 amide bonds. The van der Waals surface area contributed by atoms with E-state index in [1.165, 1.54) is 11.3 Å². The van der Waals surface area contributed by atoms with Gasteiger partial charge in [0.25, 0.3) is 0 Å². The quantitative estimate of drug-likeness (QED) is 0.437. The molecule has 28 heavy (non-hydrogen) atoms. The number of nitrogens with one attached hydrogen (secondary N) is 1. The first-order chi connectivity index (χ1) is 13.5. The summed E-state index contributed by atoms with van der Waals surface area (Å²) < 4.78 is 12.4. The van der Waals surface area contributed by atoms with Gasteiger partial charge in [0.15, 0.2) is 5.13 Å². The third kappa shape index (κ3) is 3.51. The van der Waals surface area contributed by atoms with Crippen molar-refractivity contribution in [2.24, 2.45) is 0 Å². The summed E-state index contributed by atoms with van der Waals surface area (Å²) in [7, 11) is 0. The molecule has 0 aliphatic heterocycles. The number of furan rings is 1. The van der Waals surface area contributed by atoms with Gasteiger partial charge < -0.3 is 9.15 Å². The van der Waals surface area contributed by atoms with Crippen LogP contribution in [0, 0.1) is 6.92 Å². The molecule has 2 heterocycles. The van der Waals surface area contributed by atoms with E-state index in [-0.39, 0.29) is 5.91 Å². The highest BCUT2D eigenvalue weighted by Crippen LogP contribution is 2.33. The monoisotopic (exact) mass is 392 g/mol. The Morgan fingerprint density at radius 2 is 2.14 bits per heavy atom. The zero-order chi connectivity index (χ0) is 19.7. The van der Waals surface area contributed by atoms with E-state index >= 15 is 0 Å². The van der Waals surface area contributed by atoms with Crippen LogP contribution in [-0.4, -0.2) is 17.5 Å². The van der Waals surface area contributed by atoms with E-state index in [2.05, 4.69) is 10.3 Å². The number of carbonyl (C=O) groups is 1. The van der Waals surface area contributed by atoms with Crippen LogP contribution in [-0.2, 0) is 4.79 Å². The summed E-state index contributed by atoms with van der Waals surface area (Å²) in [6.07, 6.45) is 3.30. The van der Waals surface area contributed by atoms with Gasteiger partial charge in [-0.25, -0.2) is 4.98 Å². The van der Waals surface area contributed by atoms with Crippen LogP contribution in [0.1, 0.15) is 25.0 Å². The number of thiazole rings is 1. The maximum atomic E-state index is 12.5. The molecule has 0 radical (unpaired) electrons. The predicted octanol–water partition coefficient (Wildman–Crippen LogP) is 5.79. The van der Waals surface area contributed by atoms with Gasteiger partial charge in [0.1, 0.15) is 11.3 Å². The summed E-state index contributed by atoms with van der Waals surface area (Å²) in [4.78, 5) is 17.0. The van der Waals surface area contributed by atoms with Crippen LogP contribution in [0.4, 0.5) is 5.13 Å². The van der Waals surface area contributed by atoms with Gasteiger partial charge in [-0.15, -0.1) is 0 Å². The van der Waals surface area contributed by atoms with E-state index in [1.807, 2.05) is 57.2 Å². The Hall–Kier alpha value is -3.12. The van der Waals surface area contributed by atoms with Crippen molar-refractivity contribution in [3.05, 3.63) is 59.9 Å². The van der Waals surface area contributed by atoms with Gasteiger partial charge in [0.05, 0.1) is 23.1 Å². The molecule has 1 N–H and O–H groups in total. The molecule has 0 spiro atoms. The molecule has 2 aromatic heterocycles. The molecule has 0 saturated heterocycles. The SMILES string of the molecule is CCOc1cc2occ(C)c2cc1/C(C)=C/C(=O)Nc1nc2ccccc2s1. The fraction of sp³-hybridized carbons (Fsp3) is 0.182. The van der Waals surface area contributed by atoms with Crippen molar-refractivity contribution in [2.75, 3.05) is 11.9 Å². The third-order valence-electron chi connectivity index (χ3n) is 4.47. The summed E-state index contributed by atoms with van der Waals surface area (Å²) in [5.41, 5.74) is 4.38. The fourth-order valence-corrected chi connectivity index (χ4v) is 3.98. The molecule has 0 unspecified atom stereocenters. The molecule has 4 aromatic rings. The maximum absolute atomic E-state index is 12.5. The number of nitrogens with zero attached hydrogens (tertiary/aromatic N) is 1. The molecule has 0 saturated carbocycles. The van der Waals surface area contributed by atoms with Crippen LogP contribution in [0.15, 0.2) is 53.2 Å². The van der Waals surface area contributed by atoms with Crippen molar-refractivity contribution < 1.29 is 13.9 Å². The first-order valence-corrected chi connectivity index (χ1v) is 9.86. The van der Waals surface area contributed by atoms with Crippen molar-refractivity contribution in [3.8, 4) is 5.75 Å². The number of ether oxygens (including phenoxy) is 1. The molecule has 0 atom stereocenters. The Morgan fingerprint density at radius 1 is 1.32 bits per heavy atom. The zero-order valence-electron chi connectivity index (χ0n) is 15.9. The molecule has 5 nitrogen and oxygen atoms in total. The van der Waals surface area contributed by atoms with Crippen LogP contribution >= 0.6 is 11.3 Å². The van der Waals surface area contributed by atoms with Crippen LogP contribution in [0.25, 0.3) is 26.8 Å². The van der Waals surface area contributed by atoms with Crippen LogP contribution in [0.5, 0.6) is 5.75 Å². The summed E-state index contributed by atoms with van der Waals surface area (Å²) >= 11 is 1.46. The molecule has 0 bridgehead atoms. The van der Waals surface area contributed by atoms with E-state index in [1.54, 1.807) is 12.3 Å². The Bertz CT molecular complexity index is 1170. The van der Waals surface area contributed by atoms with Gasteiger partial charge in [0.2, 0.25) is 5.91 Å². The van der Waals surface area contributed by atoms with Crippen molar-refractivity contribution in [2.45, 2.75) is 20.8 Å². The van der Waals surface area contributed by atoms with Crippen molar-refractivity contribution in [1.82, 2.24) is 4.98 Å². The normalized spacial score (nSPS) is 11.9. The Morgan fingerprint density at radius 3 is 2.93 bits per heavy atom. The number of para-hydroxylation sites is 1. The number of amides is 1. The minimum absolute atomic E-state index is 0.219. The topological polar surface area (TPSA) is 64.4 Å². The number of fused-ring (bicyclic) bond motifs is 2. The minimum atomic E-state index is -0.219. The molecule has 0 aliphatic carbocycles. The molecular formula is C22H20N2O3S. The number of hydrogen-bond donors (Lipinski definition) is 1. The van der Waals surface area contributed by atoms with E-state index in [4.69, 9.17) is 9.15 Å². The van der Waals surface area contributed by atoms with Crippen molar-refractivity contribution in [1.29, 1.82) is 0 Å². The summed E-state index contributed by atoms with van der Waals surface area (Å²) in [5.74, 6) is 0.480. The molecule has 4 rings (SSSR count). The van der Waals surface area contributed by atoms with Gasteiger partial charge in [-0.2, -0.15) is 0 Å². The molecular weight excluding hydrogens is 372 g/mol. The lowest BCUT2D eigenvalue weighted by Crippen LogP contribution is -2.08. The number of hydrogen-bond acceptors (Lipinski definition) is 5. The summed E-state index contributed by atoms with van der Waals surface area (Å²) in [6.45, 7) is 6.36. The molecule has 2 aromatic carbocycles. The Labute approximate surface area is 166 Å². The number of rotatable bonds is 5. The summed E-state index contributed by atoms with van der Waals surface area (Å²) in [5, 5.41) is 4.46. The van der Waals surface area contributed by atoms with E-state index in [0.29, 0.717) is 17.5 Å². The minimum Gasteiger partial charge on any atom is -0.493 e. The van der Waals surface area contributed by atoms with Gasteiger partial charge in [-0.1, -0.05) is 23.5 Å². The Kier molecular flexibility index (Phi) is 4.88. The summed E-state index contributed by atoms with van der Waals surface area (Å²) in [6, 6.07) is 11.7. The average molecular weight is 392 g/mol. The van der Waals surface area contributed by atoms with E-state index in [0.717, 1.165) is 37.9 Å². The number of aryl methyl sites for hydroxylation is 1. The Balaban J connectivity index is 1.64. The largest absolute Gasteiger partial charge is 0.493 e. The number of carbonyl (C=O) groups excluding carboxylic acids is 1. The second-order valence-electron chi connectivity index (χ2n) is 6.50. The molecule has 0 fully saturated rings. The van der Waals surface area contributed by atoms with Crippen LogP contribution < -0.4 is 10.1 Å². The second kappa shape index (κ2) is 7.48. The van der Waals surface area contributed by atoms with Gasteiger partial charge >= 0.3 is 0 Å². The third-order valence-corrected chi connectivity index (χ3v) is 5.42. The second-order valence-corrected chi connectivity index (χ2v) is 7.53. The highest BCUT2D eigenvalue weighted by Gasteiger charge is 2.13. The van der Waals surface area contributed by atoms with Gasteiger partial charge in [0, 0.05) is 23.1 Å². The van der Waals surface area contributed by atoms with Gasteiger partial charge in [-0.3, -0.25) is 10.1 Å². The smallest absolute Gasteiger partial charge is 0.250 e. The maximum Gasteiger partial charge on any atom is 0.250 e. The standard InChI is InChI=1S/C22H20N2O3S/c1-4-26-18-11-19-16(14(3)12-27-19)10-15(18)13(2)9-21(25)24-22-23-17-7-5-6-8-20(17)28-22/h5-12H,4H2,1-3H3,(H,23,24,25)/b13-9+. The van der Waals surface area contributed by atoms with Crippen LogP contribution in [0.3, 0.4) is 0 Å². The van der Waals surface area contributed by atoms with E-state index < -0.39 is 0 Å². The number of aromatic nitrogens is 1. The molecule has 0 aliphatic rings. The first kappa shape index (κ1) is 18.3. The molecule has 142 valence electrons. The van der Waals surface area contributed by atoms with E-state index in [9.17, 15) is 4.79 Å². The predicted molar refractivity (Wildman–Crippen MR) is 114 cm³/mol. The zero-order valence-corrected chi connectivity index (χ0v) is 16.7. The van der Waals surface area contributed by atoms with Gasteiger partial charge in [-0.05, 0) is 50.1 Å². The average Bonchev–Trinajstić information content (AvgIpc) is 3.23. The number of benzene rings is 2. The highest BCUT2D eigenvalue weighted by molar-refractivity contribution is 7.22.